The molecule has 0 bridgehead atoms. The molecular weight excluding hydrogens is 282 g/mol. The van der Waals surface area contributed by atoms with E-state index in [1.807, 2.05) is 0 Å². The molecule has 0 saturated carbocycles. The second kappa shape index (κ2) is 7.25. The van der Waals surface area contributed by atoms with Crippen molar-refractivity contribution in [3.63, 3.8) is 0 Å². The molecule has 9 heteroatoms. The van der Waals surface area contributed by atoms with E-state index >= 15 is 0 Å². The second-order valence-corrected chi connectivity index (χ2v) is 6.03. The molecule has 18 heavy (non-hydrogen) atoms. The highest BCUT2D eigenvalue weighted by atomic mass is 35.5. The van der Waals surface area contributed by atoms with Gasteiger partial charge in [-0.1, -0.05) is 0 Å². The lowest BCUT2D eigenvalue weighted by molar-refractivity contribution is -0.134. The van der Waals surface area contributed by atoms with Gasteiger partial charge in [0.2, 0.25) is 15.9 Å². The van der Waals surface area contributed by atoms with Crippen molar-refractivity contribution in [2.75, 3.05) is 46.2 Å². The summed E-state index contributed by atoms with van der Waals surface area (Å²) < 4.78 is 28.7. The third-order valence-corrected chi connectivity index (χ3v) is 3.99. The number of amides is 1. The van der Waals surface area contributed by atoms with Crippen LogP contribution in [0.4, 0.5) is 0 Å². The largest absolute Gasteiger partial charge is 0.383 e. The van der Waals surface area contributed by atoms with Crippen LogP contribution < -0.4 is 5.73 Å². The predicted molar refractivity (Wildman–Crippen MR) is 70.1 cm³/mol. The predicted octanol–water partition coefficient (Wildman–Crippen LogP) is -1.51. The van der Waals surface area contributed by atoms with Crippen molar-refractivity contribution in [1.82, 2.24) is 9.21 Å². The van der Waals surface area contributed by atoms with Crippen LogP contribution in [-0.2, 0) is 19.6 Å². The van der Waals surface area contributed by atoms with Crippen LogP contribution in [-0.4, -0.2) is 75.7 Å². The Hall–Kier alpha value is -0.410. The molecule has 1 unspecified atom stereocenters. The van der Waals surface area contributed by atoms with Crippen molar-refractivity contribution in [3.05, 3.63) is 0 Å². The van der Waals surface area contributed by atoms with Crippen LogP contribution in [0.1, 0.15) is 0 Å². The molecule has 0 radical (unpaired) electrons. The van der Waals surface area contributed by atoms with Crippen LogP contribution in [0, 0.1) is 0 Å². The number of hydrogen-bond acceptors (Lipinski definition) is 5. The first-order valence-electron chi connectivity index (χ1n) is 5.34. The van der Waals surface area contributed by atoms with E-state index < -0.39 is 16.1 Å². The van der Waals surface area contributed by atoms with Crippen LogP contribution >= 0.6 is 12.4 Å². The maximum absolute atomic E-state index is 11.8. The Labute approximate surface area is 114 Å². The second-order valence-electron chi connectivity index (χ2n) is 4.05. The number of carbonyl (C=O) groups is 1. The Kier molecular flexibility index (Phi) is 7.08. The van der Waals surface area contributed by atoms with E-state index in [-0.39, 0.29) is 24.9 Å². The summed E-state index contributed by atoms with van der Waals surface area (Å²) in [6.07, 6.45) is 1.17. The molecule has 1 atom stereocenters. The standard InChI is InChI=1S/C9H19N3O4S.ClH/c1-16-7-8(10)9(13)11-3-5-12(6-4-11)17(2,14)15;/h8H,3-7,10H2,1-2H3;1H. The summed E-state index contributed by atoms with van der Waals surface area (Å²) in [5.41, 5.74) is 5.63. The van der Waals surface area contributed by atoms with E-state index in [0.29, 0.717) is 26.2 Å². The molecule has 0 aromatic heterocycles. The zero-order valence-corrected chi connectivity index (χ0v) is 12.2. The third kappa shape index (κ3) is 4.69. The Morgan fingerprint density at radius 1 is 1.33 bits per heavy atom. The normalized spacial score (nSPS) is 19.2. The van der Waals surface area contributed by atoms with Gasteiger partial charge in [0.25, 0.3) is 0 Å². The fourth-order valence-corrected chi connectivity index (χ4v) is 2.55. The number of hydrogen-bond donors (Lipinski definition) is 1. The average molecular weight is 302 g/mol. The third-order valence-electron chi connectivity index (χ3n) is 2.68. The molecule has 0 spiro atoms. The lowest BCUT2D eigenvalue weighted by atomic mass is 10.2. The van der Waals surface area contributed by atoms with Gasteiger partial charge in [0.15, 0.2) is 0 Å². The molecule has 1 rings (SSSR count). The van der Waals surface area contributed by atoms with Crippen molar-refractivity contribution in [1.29, 1.82) is 0 Å². The monoisotopic (exact) mass is 301 g/mol. The van der Waals surface area contributed by atoms with E-state index in [2.05, 4.69) is 0 Å². The minimum Gasteiger partial charge on any atom is -0.383 e. The average Bonchev–Trinajstić information content (AvgIpc) is 2.27. The summed E-state index contributed by atoms with van der Waals surface area (Å²) in [7, 11) is -1.69. The van der Waals surface area contributed by atoms with Gasteiger partial charge < -0.3 is 15.4 Å². The topological polar surface area (TPSA) is 92.9 Å². The SMILES string of the molecule is COCC(N)C(=O)N1CCN(S(C)(=O)=O)CC1.Cl. The zero-order valence-electron chi connectivity index (χ0n) is 10.5. The Morgan fingerprint density at radius 2 is 1.83 bits per heavy atom. The van der Waals surface area contributed by atoms with Gasteiger partial charge in [0.1, 0.15) is 6.04 Å². The van der Waals surface area contributed by atoms with Crippen molar-refractivity contribution in [2.45, 2.75) is 6.04 Å². The first kappa shape index (κ1) is 17.6. The molecule has 2 N–H and O–H groups in total. The van der Waals surface area contributed by atoms with Crippen molar-refractivity contribution < 1.29 is 17.9 Å². The van der Waals surface area contributed by atoms with E-state index in [1.54, 1.807) is 4.90 Å². The fourth-order valence-electron chi connectivity index (χ4n) is 1.73. The number of carbonyl (C=O) groups excluding carboxylic acids is 1. The number of nitrogens with two attached hydrogens (primary N) is 1. The Morgan fingerprint density at radius 3 is 2.22 bits per heavy atom. The molecule has 1 saturated heterocycles. The molecule has 0 aromatic rings. The van der Waals surface area contributed by atoms with Gasteiger partial charge >= 0.3 is 0 Å². The summed E-state index contributed by atoms with van der Waals surface area (Å²) in [5, 5.41) is 0. The molecule has 0 aliphatic carbocycles. The Balaban J connectivity index is 0.00000289. The smallest absolute Gasteiger partial charge is 0.241 e. The van der Waals surface area contributed by atoms with Gasteiger partial charge in [-0.25, -0.2) is 8.42 Å². The quantitative estimate of drug-likeness (QED) is 0.681. The summed E-state index contributed by atoms with van der Waals surface area (Å²) in [5.74, 6) is -0.194. The van der Waals surface area contributed by atoms with Crippen LogP contribution in [0.5, 0.6) is 0 Å². The molecule has 1 aliphatic heterocycles. The first-order valence-corrected chi connectivity index (χ1v) is 7.19. The highest BCUT2D eigenvalue weighted by Crippen LogP contribution is 2.07. The maximum Gasteiger partial charge on any atom is 0.241 e. The highest BCUT2D eigenvalue weighted by molar-refractivity contribution is 7.88. The number of halogens is 1. The highest BCUT2D eigenvalue weighted by Gasteiger charge is 2.28. The summed E-state index contributed by atoms with van der Waals surface area (Å²) in [6.45, 7) is 1.58. The first-order chi connectivity index (χ1) is 7.86. The number of piperazine rings is 1. The Bertz CT molecular complexity index is 368. The number of methoxy groups -OCH3 is 1. The van der Waals surface area contributed by atoms with E-state index in [1.165, 1.54) is 17.7 Å². The maximum atomic E-state index is 11.8. The lowest BCUT2D eigenvalue weighted by Crippen LogP contribution is -2.54. The van der Waals surface area contributed by atoms with Gasteiger partial charge in [-0.2, -0.15) is 4.31 Å². The van der Waals surface area contributed by atoms with E-state index in [9.17, 15) is 13.2 Å². The van der Waals surface area contributed by atoms with Gasteiger partial charge in [-0.15, -0.1) is 12.4 Å². The minimum atomic E-state index is -3.17. The van der Waals surface area contributed by atoms with Crippen LogP contribution in [0.25, 0.3) is 0 Å². The number of nitrogens with zero attached hydrogens (tertiary/aromatic N) is 2. The van der Waals surface area contributed by atoms with E-state index in [0.717, 1.165) is 0 Å². The van der Waals surface area contributed by atoms with Crippen LogP contribution in [0.2, 0.25) is 0 Å². The fraction of sp³-hybridized carbons (Fsp3) is 0.889. The number of rotatable bonds is 4. The molecule has 7 nitrogen and oxygen atoms in total. The zero-order chi connectivity index (χ0) is 13.1. The van der Waals surface area contributed by atoms with Gasteiger partial charge in [0, 0.05) is 33.3 Å². The lowest BCUT2D eigenvalue weighted by Gasteiger charge is -2.34. The number of sulfonamides is 1. The van der Waals surface area contributed by atoms with Crippen molar-refractivity contribution in [2.24, 2.45) is 5.73 Å². The molecule has 0 aromatic carbocycles. The van der Waals surface area contributed by atoms with Crippen molar-refractivity contribution in [3.8, 4) is 0 Å². The minimum absolute atomic E-state index is 0. The molecule has 1 amide bonds. The van der Waals surface area contributed by atoms with Gasteiger partial charge in [0.05, 0.1) is 12.9 Å². The molecule has 108 valence electrons. The molecule has 1 fully saturated rings. The summed E-state index contributed by atoms with van der Waals surface area (Å²) in [4.78, 5) is 13.4. The van der Waals surface area contributed by atoms with E-state index in [4.69, 9.17) is 10.5 Å². The molecular formula is C9H20ClN3O4S. The number of ether oxygens (including phenoxy) is 1. The van der Waals surface area contributed by atoms with Crippen LogP contribution in [0.15, 0.2) is 0 Å². The molecule has 1 heterocycles. The summed E-state index contributed by atoms with van der Waals surface area (Å²) >= 11 is 0. The van der Waals surface area contributed by atoms with Crippen LogP contribution in [0.3, 0.4) is 0 Å². The summed E-state index contributed by atoms with van der Waals surface area (Å²) in [6, 6.07) is -0.676. The molecule has 1 aliphatic rings. The van der Waals surface area contributed by atoms with Crippen molar-refractivity contribution >= 4 is 28.3 Å². The van der Waals surface area contributed by atoms with Gasteiger partial charge in [-0.05, 0) is 0 Å². The van der Waals surface area contributed by atoms with Gasteiger partial charge in [-0.3, -0.25) is 4.79 Å².